The first-order valence-electron chi connectivity index (χ1n) is 18.2. The summed E-state index contributed by atoms with van der Waals surface area (Å²) in [5.74, 6) is 0. The van der Waals surface area contributed by atoms with E-state index in [2.05, 4.69) is 74.6 Å². The van der Waals surface area contributed by atoms with Crippen molar-refractivity contribution in [2.45, 2.75) is 141 Å². The molecule has 0 amide bonds. The first kappa shape index (κ1) is 41.1. The van der Waals surface area contributed by atoms with Gasteiger partial charge in [0.25, 0.3) is 15.8 Å². The van der Waals surface area contributed by atoms with Crippen LogP contribution in [0.15, 0.2) is 77.7 Å². The van der Waals surface area contributed by atoms with Gasteiger partial charge in [0.15, 0.2) is 0 Å². The summed E-state index contributed by atoms with van der Waals surface area (Å²) in [6, 6.07) is 22.0. The van der Waals surface area contributed by atoms with Gasteiger partial charge in [-0.25, -0.2) is 0 Å². The van der Waals surface area contributed by atoms with Gasteiger partial charge < -0.3 is 5.32 Å². The summed E-state index contributed by atoms with van der Waals surface area (Å²) in [5, 5.41) is 14.3. The number of nitrogens with zero attached hydrogens (tertiary/aromatic N) is 1. The summed E-state index contributed by atoms with van der Waals surface area (Å²) in [7, 11) is -3.94. The van der Waals surface area contributed by atoms with Crippen LogP contribution < -0.4 is 5.32 Å². The number of hydrogen-bond donors (Lipinski definition) is 1. The second-order valence-corrected chi connectivity index (χ2v) is 14.4. The highest BCUT2D eigenvalue weighted by Crippen LogP contribution is 2.20. The Morgan fingerprint density at radius 3 is 1.50 bits per heavy atom. The van der Waals surface area contributed by atoms with Crippen LogP contribution in [0.5, 0.6) is 0 Å². The molecule has 0 aliphatic rings. The number of non-ortho nitro benzene ring substituents is 1. The molecule has 0 saturated heterocycles. The maximum atomic E-state index is 12.1. The third-order valence-electron chi connectivity index (χ3n) is 8.71. The molecular formula is C40H60N2O5S. The molecule has 48 heavy (non-hydrogen) atoms. The van der Waals surface area contributed by atoms with Gasteiger partial charge in [-0.3, -0.25) is 14.3 Å². The van der Waals surface area contributed by atoms with E-state index in [0.29, 0.717) is 6.42 Å². The van der Waals surface area contributed by atoms with Crippen LogP contribution in [0, 0.1) is 24.0 Å². The highest BCUT2D eigenvalue weighted by atomic mass is 32.2. The second-order valence-electron chi connectivity index (χ2n) is 12.8. The normalized spacial score (nSPS) is 11.2. The molecule has 0 aromatic heterocycles. The molecule has 7 nitrogen and oxygen atoms in total. The van der Waals surface area contributed by atoms with E-state index >= 15 is 0 Å². The fourth-order valence-corrected chi connectivity index (χ4v) is 6.57. The van der Waals surface area contributed by atoms with Crippen LogP contribution in [-0.2, 0) is 27.4 Å². The summed E-state index contributed by atoms with van der Waals surface area (Å²) < 4.78 is 29.3. The van der Waals surface area contributed by atoms with Gasteiger partial charge in [-0.05, 0) is 48.6 Å². The van der Waals surface area contributed by atoms with Crippen molar-refractivity contribution in [1.29, 1.82) is 0 Å². The van der Waals surface area contributed by atoms with Crippen LogP contribution in [-0.4, -0.2) is 19.9 Å². The van der Waals surface area contributed by atoms with Crippen LogP contribution >= 0.6 is 0 Å². The molecule has 3 aromatic rings. The van der Waals surface area contributed by atoms with E-state index in [0.717, 1.165) is 32.0 Å². The lowest BCUT2D eigenvalue weighted by molar-refractivity contribution is -0.385. The molecular weight excluding hydrogens is 621 g/mol. The van der Waals surface area contributed by atoms with Gasteiger partial charge in [-0.2, -0.15) is 8.42 Å². The lowest BCUT2D eigenvalue weighted by Gasteiger charge is -2.09. The molecule has 0 saturated carbocycles. The molecule has 0 unspecified atom stereocenters. The average molecular weight is 681 g/mol. The number of nitro groups is 1. The first-order valence-corrected chi connectivity index (χ1v) is 19.6. The van der Waals surface area contributed by atoms with Gasteiger partial charge in [0.2, 0.25) is 0 Å². The van der Waals surface area contributed by atoms with E-state index in [1.807, 2.05) is 0 Å². The Bertz CT molecular complexity index is 1360. The minimum Gasteiger partial charge on any atom is -0.309 e. The molecule has 0 fully saturated rings. The van der Waals surface area contributed by atoms with E-state index in [1.165, 1.54) is 124 Å². The van der Waals surface area contributed by atoms with Crippen molar-refractivity contribution in [2.24, 2.45) is 0 Å². The van der Waals surface area contributed by atoms with Gasteiger partial charge in [0.1, 0.15) is 4.90 Å². The van der Waals surface area contributed by atoms with Crippen molar-refractivity contribution in [3.8, 4) is 0 Å². The Labute approximate surface area is 291 Å². The fourth-order valence-electron chi connectivity index (χ4n) is 5.59. The predicted octanol–water partition coefficient (Wildman–Crippen LogP) is 11.2. The largest absolute Gasteiger partial charge is 0.309 e. The topological polar surface area (TPSA) is 98.5 Å². The third kappa shape index (κ3) is 17.9. The van der Waals surface area contributed by atoms with Crippen LogP contribution in [0.25, 0.3) is 0 Å². The van der Waals surface area contributed by atoms with Crippen LogP contribution in [0.1, 0.15) is 132 Å². The van der Waals surface area contributed by atoms with E-state index in [-0.39, 0.29) is 17.2 Å². The summed E-state index contributed by atoms with van der Waals surface area (Å²) in [6.07, 6.45) is 20.1. The van der Waals surface area contributed by atoms with E-state index in [1.54, 1.807) is 0 Å². The van der Waals surface area contributed by atoms with Gasteiger partial charge in [-0.1, -0.05) is 158 Å². The average Bonchev–Trinajstić information content (AvgIpc) is 3.08. The van der Waals surface area contributed by atoms with Gasteiger partial charge in [0.05, 0.1) is 11.5 Å². The number of hydrogen-bond acceptors (Lipinski definition) is 6. The van der Waals surface area contributed by atoms with Crippen molar-refractivity contribution >= 4 is 15.8 Å². The molecule has 3 aromatic carbocycles. The zero-order valence-electron chi connectivity index (χ0n) is 29.8. The van der Waals surface area contributed by atoms with E-state index < -0.39 is 15.0 Å². The number of benzene rings is 3. The fraction of sp³-hybridized carbons (Fsp3) is 0.550. The zero-order valence-corrected chi connectivity index (χ0v) is 30.6. The highest BCUT2D eigenvalue weighted by Gasteiger charge is 2.18. The summed E-state index contributed by atoms with van der Waals surface area (Å²) in [5.41, 5.74) is 5.20. The third-order valence-corrected chi connectivity index (χ3v) is 10.0. The lowest BCUT2D eigenvalue weighted by Crippen LogP contribution is -2.14. The second kappa shape index (κ2) is 25.0. The van der Waals surface area contributed by atoms with Crippen LogP contribution in [0.4, 0.5) is 5.69 Å². The molecule has 0 bridgehead atoms. The summed E-state index contributed by atoms with van der Waals surface area (Å²) in [6.45, 7) is 8.55. The van der Waals surface area contributed by atoms with Crippen molar-refractivity contribution in [1.82, 2.24) is 5.32 Å². The van der Waals surface area contributed by atoms with Crippen LogP contribution in [0.2, 0.25) is 0 Å². The lowest BCUT2D eigenvalue weighted by atomic mass is 10.0. The minimum absolute atomic E-state index is 0.115. The Balaban J connectivity index is 0.000000393. The molecule has 0 aliphatic carbocycles. The minimum atomic E-state index is -3.94. The maximum absolute atomic E-state index is 12.1. The molecule has 0 aliphatic heterocycles. The molecule has 0 spiro atoms. The summed E-state index contributed by atoms with van der Waals surface area (Å²) >= 11 is 0. The number of nitro benzene ring substituents is 1. The Hall–Kier alpha value is -3.07. The first-order chi connectivity index (χ1) is 23.2. The monoisotopic (exact) mass is 680 g/mol. The number of unbranched alkanes of at least 4 members (excludes halogenated alkanes) is 15. The van der Waals surface area contributed by atoms with Gasteiger partial charge in [0, 0.05) is 25.2 Å². The standard InChI is InChI=1S/C24H41NO5S.C16H19N/c1-2-3-4-5-6-7-8-9-10-11-12-13-14-15-16-17-21-30-31(28,29)24-20-18-19-23(22-24)25(26)27;1-13-7-3-5-9-15(13)11-17-12-16-10-6-4-8-14(16)2/h18-20,22H,2-17,21H2,1H3;3-10,17H,11-12H2,1-2H3. The molecule has 1 N–H and O–H groups in total. The molecule has 3 rings (SSSR count). The Morgan fingerprint density at radius 2 is 1.06 bits per heavy atom. The number of nitrogens with one attached hydrogen (secondary N) is 1. The van der Waals surface area contributed by atoms with Crippen molar-refractivity contribution in [2.75, 3.05) is 6.61 Å². The smallest absolute Gasteiger partial charge is 0.297 e. The Kier molecular flexibility index (Phi) is 21.4. The molecule has 8 heteroatoms. The molecule has 266 valence electrons. The number of aryl methyl sites for hydroxylation is 2. The molecule has 0 atom stereocenters. The molecule has 0 heterocycles. The SMILES string of the molecule is CCCCCCCCCCCCCCCCCCOS(=O)(=O)c1cccc([N+](=O)[O-])c1.Cc1ccccc1CNCc1ccccc1C. The van der Waals surface area contributed by atoms with Gasteiger partial charge >= 0.3 is 0 Å². The highest BCUT2D eigenvalue weighted by molar-refractivity contribution is 7.86. The van der Waals surface area contributed by atoms with Crippen molar-refractivity contribution in [3.63, 3.8) is 0 Å². The Morgan fingerprint density at radius 1 is 0.625 bits per heavy atom. The maximum Gasteiger partial charge on any atom is 0.297 e. The van der Waals surface area contributed by atoms with E-state index in [4.69, 9.17) is 4.18 Å². The van der Waals surface area contributed by atoms with Gasteiger partial charge in [-0.15, -0.1) is 0 Å². The van der Waals surface area contributed by atoms with Crippen molar-refractivity contribution < 1.29 is 17.5 Å². The number of rotatable bonds is 24. The quantitative estimate of drug-likeness (QED) is 0.0437. The zero-order chi connectivity index (χ0) is 34.9. The predicted molar refractivity (Wildman–Crippen MR) is 199 cm³/mol. The van der Waals surface area contributed by atoms with Crippen molar-refractivity contribution in [3.05, 3.63) is 105 Å². The summed E-state index contributed by atoms with van der Waals surface area (Å²) in [4.78, 5) is 9.99. The molecule has 0 radical (unpaired) electrons. The van der Waals surface area contributed by atoms with E-state index in [9.17, 15) is 18.5 Å². The van der Waals surface area contributed by atoms with Crippen LogP contribution in [0.3, 0.4) is 0 Å².